The molecule has 112 valence electrons. The van der Waals surface area contributed by atoms with Crippen LogP contribution in [0.25, 0.3) is 0 Å². The van der Waals surface area contributed by atoms with Gasteiger partial charge in [0.1, 0.15) is 5.75 Å². The Morgan fingerprint density at radius 3 is 2.85 bits per heavy atom. The summed E-state index contributed by atoms with van der Waals surface area (Å²) >= 11 is 0. The van der Waals surface area contributed by atoms with Gasteiger partial charge < -0.3 is 15.4 Å². The van der Waals surface area contributed by atoms with Crippen LogP contribution in [-0.2, 0) is 4.79 Å². The number of carbonyl (C=O) groups excluding carboxylic acids is 1. The highest BCUT2D eigenvalue weighted by molar-refractivity contribution is 5.94. The maximum Gasteiger partial charge on any atom is 0.228 e. The van der Waals surface area contributed by atoms with E-state index in [-0.39, 0.29) is 24.2 Å². The highest BCUT2D eigenvalue weighted by atomic mass is 35.5. The number of hydrogen-bond acceptors (Lipinski definition) is 3. The molecular formula is C15H23ClN2O2. The van der Waals surface area contributed by atoms with Gasteiger partial charge in [0, 0.05) is 6.54 Å². The van der Waals surface area contributed by atoms with Crippen LogP contribution in [0.1, 0.15) is 20.3 Å². The predicted molar refractivity (Wildman–Crippen MR) is 83.6 cm³/mol. The van der Waals surface area contributed by atoms with Crippen LogP contribution in [-0.4, -0.2) is 25.6 Å². The quantitative estimate of drug-likeness (QED) is 0.879. The van der Waals surface area contributed by atoms with E-state index in [9.17, 15) is 4.79 Å². The van der Waals surface area contributed by atoms with Gasteiger partial charge in [-0.2, -0.15) is 0 Å². The molecule has 0 saturated carbocycles. The van der Waals surface area contributed by atoms with Crippen molar-refractivity contribution in [2.45, 2.75) is 20.3 Å². The van der Waals surface area contributed by atoms with Gasteiger partial charge in [-0.15, -0.1) is 12.4 Å². The van der Waals surface area contributed by atoms with Crippen LogP contribution in [0.3, 0.4) is 0 Å². The third kappa shape index (κ3) is 4.69. The van der Waals surface area contributed by atoms with Gasteiger partial charge in [-0.05, 0) is 31.0 Å². The number of halogens is 1. The van der Waals surface area contributed by atoms with Crippen LogP contribution in [0.15, 0.2) is 24.3 Å². The van der Waals surface area contributed by atoms with Crippen molar-refractivity contribution in [2.24, 2.45) is 11.8 Å². The molecule has 1 unspecified atom stereocenters. The van der Waals surface area contributed by atoms with Gasteiger partial charge in [0.2, 0.25) is 5.91 Å². The zero-order chi connectivity index (χ0) is 13.7. The minimum atomic E-state index is 0. The first-order valence-corrected chi connectivity index (χ1v) is 6.90. The fourth-order valence-corrected chi connectivity index (χ4v) is 2.07. The van der Waals surface area contributed by atoms with Gasteiger partial charge in [-0.3, -0.25) is 4.79 Å². The number of carbonyl (C=O) groups is 1. The first kappa shape index (κ1) is 16.8. The van der Waals surface area contributed by atoms with E-state index in [0.29, 0.717) is 12.5 Å². The lowest BCUT2D eigenvalue weighted by molar-refractivity contribution is -0.119. The minimum Gasteiger partial charge on any atom is -0.491 e. The SMILES string of the molecule is CC(C)COc1ccccc1NC(=O)C1CCNC1.Cl. The molecule has 0 radical (unpaired) electrons. The number of rotatable bonds is 5. The van der Waals surface area contributed by atoms with Crippen molar-refractivity contribution in [2.75, 3.05) is 25.0 Å². The predicted octanol–water partition coefficient (Wildman–Crippen LogP) is 2.69. The molecule has 0 bridgehead atoms. The second-order valence-corrected chi connectivity index (χ2v) is 5.38. The Labute approximate surface area is 126 Å². The number of benzene rings is 1. The Balaban J connectivity index is 0.00000200. The molecule has 1 aromatic carbocycles. The number of anilines is 1. The van der Waals surface area contributed by atoms with E-state index in [4.69, 9.17) is 4.74 Å². The summed E-state index contributed by atoms with van der Waals surface area (Å²) in [5.41, 5.74) is 0.764. The van der Waals surface area contributed by atoms with Crippen molar-refractivity contribution in [3.8, 4) is 5.75 Å². The lowest BCUT2D eigenvalue weighted by atomic mass is 10.1. The monoisotopic (exact) mass is 298 g/mol. The van der Waals surface area contributed by atoms with E-state index in [2.05, 4.69) is 24.5 Å². The molecule has 1 saturated heterocycles. The van der Waals surface area contributed by atoms with E-state index in [0.717, 1.165) is 30.9 Å². The molecule has 1 heterocycles. The summed E-state index contributed by atoms with van der Waals surface area (Å²) in [6.45, 7) is 6.54. The standard InChI is InChI=1S/C15H22N2O2.ClH/c1-11(2)10-19-14-6-4-3-5-13(14)17-15(18)12-7-8-16-9-12;/h3-6,11-12,16H,7-10H2,1-2H3,(H,17,18);1H. The number of hydrogen-bond donors (Lipinski definition) is 2. The van der Waals surface area contributed by atoms with E-state index >= 15 is 0 Å². The molecule has 1 fully saturated rings. The molecule has 20 heavy (non-hydrogen) atoms. The highest BCUT2D eigenvalue weighted by Crippen LogP contribution is 2.25. The molecule has 0 aromatic heterocycles. The summed E-state index contributed by atoms with van der Waals surface area (Å²) in [6, 6.07) is 7.61. The molecule has 1 aliphatic rings. The van der Waals surface area contributed by atoms with Crippen molar-refractivity contribution in [3.05, 3.63) is 24.3 Å². The van der Waals surface area contributed by atoms with Crippen molar-refractivity contribution in [3.63, 3.8) is 0 Å². The fourth-order valence-electron chi connectivity index (χ4n) is 2.07. The average molecular weight is 299 g/mol. The van der Waals surface area contributed by atoms with Crippen LogP contribution in [0.4, 0.5) is 5.69 Å². The first-order valence-electron chi connectivity index (χ1n) is 6.90. The zero-order valence-corrected chi connectivity index (χ0v) is 12.8. The Morgan fingerprint density at radius 1 is 1.45 bits per heavy atom. The van der Waals surface area contributed by atoms with Gasteiger partial charge in [-0.1, -0.05) is 26.0 Å². The van der Waals surface area contributed by atoms with E-state index in [1.54, 1.807) is 0 Å². The molecule has 1 amide bonds. The van der Waals surface area contributed by atoms with Gasteiger partial charge in [0.25, 0.3) is 0 Å². The number of nitrogens with one attached hydrogen (secondary N) is 2. The summed E-state index contributed by atoms with van der Waals surface area (Å²) in [5.74, 6) is 1.35. The Bertz CT molecular complexity index is 432. The van der Waals surface area contributed by atoms with Crippen LogP contribution >= 0.6 is 12.4 Å². The van der Waals surface area contributed by atoms with Crippen LogP contribution < -0.4 is 15.4 Å². The molecule has 1 atom stereocenters. The molecule has 1 aliphatic heterocycles. The first-order chi connectivity index (χ1) is 9.16. The van der Waals surface area contributed by atoms with Crippen molar-refractivity contribution >= 4 is 24.0 Å². The maximum absolute atomic E-state index is 12.1. The number of amides is 1. The zero-order valence-electron chi connectivity index (χ0n) is 12.0. The molecular weight excluding hydrogens is 276 g/mol. The van der Waals surface area contributed by atoms with E-state index in [1.807, 2.05) is 24.3 Å². The molecule has 0 spiro atoms. The Kier molecular flexibility index (Phi) is 6.82. The minimum absolute atomic E-state index is 0. The normalized spacial score (nSPS) is 17.6. The van der Waals surface area contributed by atoms with Crippen molar-refractivity contribution in [1.29, 1.82) is 0 Å². The third-order valence-corrected chi connectivity index (χ3v) is 3.15. The molecule has 2 rings (SSSR count). The van der Waals surface area contributed by atoms with Gasteiger partial charge in [0.15, 0.2) is 0 Å². The van der Waals surface area contributed by atoms with Gasteiger partial charge in [0.05, 0.1) is 18.2 Å². The molecule has 2 N–H and O–H groups in total. The van der Waals surface area contributed by atoms with Crippen molar-refractivity contribution in [1.82, 2.24) is 5.32 Å². The molecule has 0 aliphatic carbocycles. The highest BCUT2D eigenvalue weighted by Gasteiger charge is 2.23. The smallest absolute Gasteiger partial charge is 0.228 e. The van der Waals surface area contributed by atoms with E-state index in [1.165, 1.54) is 0 Å². The van der Waals surface area contributed by atoms with Gasteiger partial charge in [-0.25, -0.2) is 0 Å². The summed E-state index contributed by atoms with van der Waals surface area (Å²) in [4.78, 5) is 12.1. The molecule has 1 aromatic rings. The Hall–Kier alpha value is -1.26. The van der Waals surface area contributed by atoms with Crippen LogP contribution in [0.5, 0.6) is 5.75 Å². The number of para-hydroxylation sites is 2. The summed E-state index contributed by atoms with van der Waals surface area (Å²) in [6.07, 6.45) is 0.904. The summed E-state index contributed by atoms with van der Waals surface area (Å²) in [5, 5.41) is 6.17. The lowest BCUT2D eigenvalue weighted by Gasteiger charge is -2.15. The van der Waals surface area contributed by atoms with E-state index < -0.39 is 0 Å². The van der Waals surface area contributed by atoms with Gasteiger partial charge >= 0.3 is 0 Å². The third-order valence-electron chi connectivity index (χ3n) is 3.15. The largest absolute Gasteiger partial charge is 0.491 e. The second kappa shape index (κ2) is 8.12. The topological polar surface area (TPSA) is 50.4 Å². The fraction of sp³-hybridized carbons (Fsp3) is 0.533. The second-order valence-electron chi connectivity index (χ2n) is 5.38. The average Bonchev–Trinajstić information content (AvgIpc) is 2.91. The van der Waals surface area contributed by atoms with Crippen LogP contribution in [0.2, 0.25) is 0 Å². The molecule has 4 nitrogen and oxygen atoms in total. The van der Waals surface area contributed by atoms with Crippen molar-refractivity contribution < 1.29 is 9.53 Å². The summed E-state index contributed by atoms with van der Waals surface area (Å²) in [7, 11) is 0. The number of ether oxygens (including phenoxy) is 1. The summed E-state index contributed by atoms with van der Waals surface area (Å²) < 4.78 is 5.73. The Morgan fingerprint density at radius 2 is 2.20 bits per heavy atom. The molecule has 5 heteroatoms. The maximum atomic E-state index is 12.1. The lowest BCUT2D eigenvalue weighted by Crippen LogP contribution is -2.25. The van der Waals surface area contributed by atoms with Crippen LogP contribution in [0, 0.1) is 11.8 Å².